The number of ether oxygens (including phenoxy) is 2. The van der Waals surface area contributed by atoms with Gasteiger partial charge in [-0.3, -0.25) is 4.79 Å². The average molecular weight is 341 g/mol. The third-order valence-electron chi connectivity index (χ3n) is 4.48. The van der Waals surface area contributed by atoms with Crippen LogP contribution in [0.25, 0.3) is 0 Å². The second-order valence-corrected chi connectivity index (χ2v) is 6.10. The second kappa shape index (κ2) is 7.96. The molecule has 1 aromatic carbocycles. The van der Waals surface area contributed by atoms with Crippen molar-refractivity contribution in [1.29, 1.82) is 0 Å². The molecule has 1 fully saturated rings. The van der Waals surface area contributed by atoms with E-state index in [9.17, 15) is 4.79 Å². The molecule has 0 N–H and O–H groups in total. The molecule has 1 aromatic heterocycles. The Morgan fingerprint density at radius 2 is 1.92 bits per heavy atom. The molecule has 2 unspecified atom stereocenters. The Hall–Kier alpha value is -2.63. The summed E-state index contributed by atoms with van der Waals surface area (Å²) >= 11 is 0. The summed E-state index contributed by atoms with van der Waals surface area (Å²) in [4.78, 5) is 14.8. The number of hydrogen-bond acceptors (Lipinski definition) is 5. The third-order valence-corrected chi connectivity index (χ3v) is 4.48. The van der Waals surface area contributed by atoms with Crippen molar-refractivity contribution in [2.75, 3.05) is 20.2 Å². The monoisotopic (exact) mass is 341 g/mol. The number of likely N-dealkylation sites (tertiary alicyclic amines) is 1. The molecule has 25 heavy (non-hydrogen) atoms. The van der Waals surface area contributed by atoms with Crippen molar-refractivity contribution >= 4 is 5.91 Å². The topological polar surface area (TPSA) is 64.6 Å². The molecule has 6 heteroatoms. The van der Waals surface area contributed by atoms with Gasteiger partial charge in [-0.05, 0) is 12.0 Å². The van der Waals surface area contributed by atoms with Gasteiger partial charge in [0.1, 0.15) is 6.10 Å². The first kappa shape index (κ1) is 17.2. The maximum Gasteiger partial charge on any atom is 0.233 e. The van der Waals surface area contributed by atoms with Crippen molar-refractivity contribution in [2.24, 2.45) is 0 Å². The maximum atomic E-state index is 12.9. The van der Waals surface area contributed by atoms with Crippen molar-refractivity contribution in [2.45, 2.75) is 31.8 Å². The van der Waals surface area contributed by atoms with Crippen LogP contribution in [-0.4, -0.2) is 47.3 Å². The number of benzene rings is 1. The largest absolute Gasteiger partial charge is 0.480 e. The summed E-state index contributed by atoms with van der Waals surface area (Å²) in [5.41, 5.74) is 1.07. The van der Waals surface area contributed by atoms with E-state index in [0.29, 0.717) is 24.8 Å². The van der Waals surface area contributed by atoms with Crippen LogP contribution in [0.2, 0.25) is 0 Å². The van der Waals surface area contributed by atoms with Crippen molar-refractivity contribution in [3.05, 3.63) is 48.0 Å². The summed E-state index contributed by atoms with van der Waals surface area (Å²) in [5, 5.41) is 7.88. The predicted octanol–water partition coefficient (Wildman–Crippen LogP) is 2.66. The van der Waals surface area contributed by atoms with E-state index in [0.717, 1.165) is 18.4 Å². The average Bonchev–Trinajstić information content (AvgIpc) is 3.12. The number of nitrogens with zero attached hydrogens (tertiary/aromatic N) is 3. The van der Waals surface area contributed by atoms with Crippen LogP contribution in [0.5, 0.6) is 11.8 Å². The van der Waals surface area contributed by atoms with Gasteiger partial charge in [0.05, 0.1) is 19.6 Å². The molecule has 1 aliphatic rings. The Bertz CT molecular complexity index is 691. The summed E-state index contributed by atoms with van der Waals surface area (Å²) in [6, 6.07) is 13.4. The molecular weight excluding hydrogens is 318 g/mol. The molecule has 1 amide bonds. The molecule has 2 atom stereocenters. The Kier molecular flexibility index (Phi) is 5.48. The summed E-state index contributed by atoms with van der Waals surface area (Å²) in [6.07, 6.45) is 1.53. The van der Waals surface area contributed by atoms with Gasteiger partial charge in [-0.25, -0.2) is 0 Å². The van der Waals surface area contributed by atoms with Crippen molar-refractivity contribution in [3.8, 4) is 11.8 Å². The van der Waals surface area contributed by atoms with E-state index in [1.165, 1.54) is 0 Å². The molecule has 132 valence electrons. The summed E-state index contributed by atoms with van der Waals surface area (Å²) in [6.45, 7) is 3.33. The van der Waals surface area contributed by atoms with Crippen LogP contribution in [0.15, 0.2) is 42.5 Å². The van der Waals surface area contributed by atoms with Gasteiger partial charge >= 0.3 is 0 Å². The lowest BCUT2D eigenvalue weighted by Crippen LogP contribution is -2.34. The molecule has 3 rings (SSSR count). The number of amides is 1. The van der Waals surface area contributed by atoms with Crippen LogP contribution < -0.4 is 9.47 Å². The number of hydrogen-bond donors (Lipinski definition) is 0. The van der Waals surface area contributed by atoms with E-state index in [4.69, 9.17) is 9.47 Å². The Morgan fingerprint density at radius 3 is 2.56 bits per heavy atom. The number of methoxy groups -OCH3 is 1. The minimum atomic E-state index is -0.0965. The van der Waals surface area contributed by atoms with Gasteiger partial charge in [-0.1, -0.05) is 37.3 Å². The SMILES string of the molecule is CCC(C(=O)N1CCC(Oc2ccc(OC)nn2)C1)c1ccccc1. The summed E-state index contributed by atoms with van der Waals surface area (Å²) in [5.74, 6) is 0.973. The summed E-state index contributed by atoms with van der Waals surface area (Å²) in [7, 11) is 1.54. The van der Waals surface area contributed by atoms with Gasteiger partial charge < -0.3 is 14.4 Å². The van der Waals surface area contributed by atoms with Crippen LogP contribution in [0.1, 0.15) is 31.2 Å². The van der Waals surface area contributed by atoms with Crippen molar-refractivity contribution in [3.63, 3.8) is 0 Å². The molecule has 0 aliphatic carbocycles. The first-order chi connectivity index (χ1) is 12.2. The van der Waals surface area contributed by atoms with Gasteiger partial charge in [0.25, 0.3) is 0 Å². The Labute approximate surface area is 147 Å². The molecule has 1 saturated heterocycles. The summed E-state index contributed by atoms with van der Waals surface area (Å²) < 4.78 is 10.8. The number of carbonyl (C=O) groups is 1. The predicted molar refractivity (Wildman–Crippen MR) is 93.7 cm³/mol. The molecule has 0 radical (unpaired) electrons. The van der Waals surface area contributed by atoms with Gasteiger partial charge in [-0.15, -0.1) is 10.2 Å². The lowest BCUT2D eigenvalue weighted by molar-refractivity contribution is -0.132. The Balaban J connectivity index is 1.60. The van der Waals surface area contributed by atoms with E-state index in [1.807, 2.05) is 42.2 Å². The zero-order chi connectivity index (χ0) is 17.6. The zero-order valence-electron chi connectivity index (χ0n) is 14.6. The second-order valence-electron chi connectivity index (χ2n) is 6.10. The maximum absolute atomic E-state index is 12.9. The van der Waals surface area contributed by atoms with Crippen LogP contribution in [0, 0.1) is 0 Å². The lowest BCUT2D eigenvalue weighted by atomic mass is 9.95. The van der Waals surface area contributed by atoms with Crippen molar-refractivity contribution < 1.29 is 14.3 Å². The fraction of sp³-hybridized carbons (Fsp3) is 0.421. The fourth-order valence-electron chi connectivity index (χ4n) is 3.13. The van der Waals surface area contributed by atoms with E-state index >= 15 is 0 Å². The quantitative estimate of drug-likeness (QED) is 0.808. The minimum Gasteiger partial charge on any atom is -0.480 e. The number of aromatic nitrogens is 2. The minimum absolute atomic E-state index is 0.0556. The normalized spacial score (nSPS) is 18.0. The lowest BCUT2D eigenvalue weighted by Gasteiger charge is -2.23. The van der Waals surface area contributed by atoms with E-state index in [2.05, 4.69) is 10.2 Å². The molecule has 0 saturated carbocycles. The molecule has 0 spiro atoms. The molecular formula is C19H23N3O3. The first-order valence-electron chi connectivity index (χ1n) is 8.59. The van der Waals surface area contributed by atoms with Crippen LogP contribution >= 0.6 is 0 Å². The highest BCUT2D eigenvalue weighted by molar-refractivity contribution is 5.84. The third kappa shape index (κ3) is 4.07. The zero-order valence-corrected chi connectivity index (χ0v) is 14.6. The van der Waals surface area contributed by atoms with Crippen LogP contribution in [0.4, 0.5) is 0 Å². The molecule has 2 aromatic rings. The highest BCUT2D eigenvalue weighted by Gasteiger charge is 2.32. The van der Waals surface area contributed by atoms with Crippen molar-refractivity contribution in [1.82, 2.24) is 15.1 Å². The van der Waals surface area contributed by atoms with E-state index in [-0.39, 0.29) is 17.9 Å². The van der Waals surface area contributed by atoms with Gasteiger partial charge in [0.2, 0.25) is 17.7 Å². The molecule has 6 nitrogen and oxygen atoms in total. The number of rotatable bonds is 6. The molecule has 1 aliphatic heterocycles. The van der Waals surface area contributed by atoms with Crippen LogP contribution in [-0.2, 0) is 4.79 Å². The number of carbonyl (C=O) groups excluding carboxylic acids is 1. The van der Waals surface area contributed by atoms with E-state index < -0.39 is 0 Å². The highest BCUT2D eigenvalue weighted by atomic mass is 16.5. The first-order valence-corrected chi connectivity index (χ1v) is 8.59. The smallest absolute Gasteiger partial charge is 0.233 e. The standard InChI is InChI=1S/C19H23N3O3/c1-3-16(14-7-5-4-6-8-14)19(23)22-12-11-15(13-22)25-18-10-9-17(24-2)20-21-18/h4-10,15-16H,3,11-13H2,1-2H3. The van der Waals surface area contributed by atoms with E-state index in [1.54, 1.807) is 19.2 Å². The van der Waals surface area contributed by atoms with Gasteiger partial charge in [-0.2, -0.15) is 0 Å². The highest BCUT2D eigenvalue weighted by Crippen LogP contribution is 2.25. The fourth-order valence-corrected chi connectivity index (χ4v) is 3.13. The van der Waals surface area contributed by atoms with Gasteiger partial charge in [0, 0.05) is 25.1 Å². The van der Waals surface area contributed by atoms with Gasteiger partial charge in [0.15, 0.2) is 0 Å². The molecule has 0 bridgehead atoms. The Morgan fingerprint density at radius 1 is 1.20 bits per heavy atom. The molecule has 2 heterocycles. The van der Waals surface area contributed by atoms with Crippen LogP contribution in [0.3, 0.4) is 0 Å².